The number of carbonyl (C=O) groups excluding carboxylic acids is 2. The quantitative estimate of drug-likeness (QED) is 0.0940. The molecule has 0 aliphatic rings. The summed E-state index contributed by atoms with van der Waals surface area (Å²) in [6, 6.07) is 24.1. The Kier molecular flexibility index (Phi) is 10.1. The van der Waals surface area contributed by atoms with Gasteiger partial charge in [-0.1, -0.05) is 82.7 Å². The highest BCUT2D eigenvalue weighted by atomic mass is 79.9. The Hall–Kier alpha value is -3.82. The molecule has 0 radical (unpaired) electrons. The molecule has 228 valence electrons. The first kappa shape index (κ1) is 33.1. The number of ether oxygens (including phenoxy) is 1. The van der Waals surface area contributed by atoms with Crippen molar-refractivity contribution in [1.82, 2.24) is 0 Å². The number of allylic oxidation sites excluding steroid dienone is 1. The number of ketones is 1. The molecule has 4 aromatic rings. The van der Waals surface area contributed by atoms with E-state index < -0.39 is 41.8 Å². The molecule has 2 N–H and O–H groups in total. The van der Waals surface area contributed by atoms with Crippen LogP contribution < -0.4 is 0 Å². The number of methoxy groups -OCH3 is 1. The molecular formula is C33H27BrF3O6P. The van der Waals surface area contributed by atoms with Crippen LogP contribution in [0, 0.1) is 5.82 Å². The first-order chi connectivity index (χ1) is 20.8. The first-order valence-electron chi connectivity index (χ1n) is 13.2. The molecule has 4 rings (SSSR count). The third kappa shape index (κ3) is 7.11. The highest BCUT2D eigenvalue weighted by Gasteiger charge is 2.51. The predicted molar refractivity (Wildman–Crippen MR) is 164 cm³/mol. The number of benzene rings is 4. The van der Waals surface area contributed by atoms with Crippen molar-refractivity contribution in [2.24, 2.45) is 0 Å². The zero-order valence-corrected chi connectivity index (χ0v) is 25.8. The van der Waals surface area contributed by atoms with E-state index in [0.29, 0.717) is 11.1 Å². The fraction of sp³-hybridized carbons (Fsp3) is 0.152. The van der Waals surface area contributed by atoms with Crippen LogP contribution in [0.4, 0.5) is 13.2 Å². The van der Waals surface area contributed by atoms with Crippen LogP contribution in [0.25, 0.3) is 6.08 Å². The lowest BCUT2D eigenvalue weighted by molar-refractivity contribution is 0.0557. The molecule has 0 aromatic heterocycles. The molecule has 0 spiro atoms. The van der Waals surface area contributed by atoms with Gasteiger partial charge in [0.2, 0.25) is 0 Å². The maximum atomic E-state index is 14.6. The molecule has 1 atom stereocenters. The summed E-state index contributed by atoms with van der Waals surface area (Å²) in [4.78, 5) is 45.1. The molecule has 0 fully saturated rings. The van der Waals surface area contributed by atoms with Crippen molar-refractivity contribution in [3.05, 3.63) is 147 Å². The zero-order valence-electron chi connectivity index (χ0n) is 23.3. The van der Waals surface area contributed by atoms with Crippen LogP contribution in [0.15, 0.2) is 108 Å². The average Bonchev–Trinajstić information content (AvgIpc) is 3.00. The molecule has 11 heteroatoms. The van der Waals surface area contributed by atoms with Gasteiger partial charge in [0.25, 0.3) is 0 Å². The number of alkyl halides is 2. The zero-order chi connectivity index (χ0) is 32.1. The Morgan fingerprint density at radius 3 is 2.09 bits per heavy atom. The fourth-order valence-corrected chi connectivity index (χ4v) is 6.23. The molecule has 0 heterocycles. The summed E-state index contributed by atoms with van der Waals surface area (Å²) in [5.74, 6) is -1.52. The Labute approximate surface area is 260 Å². The van der Waals surface area contributed by atoms with Crippen LogP contribution in [0.2, 0.25) is 0 Å². The molecule has 0 amide bonds. The van der Waals surface area contributed by atoms with E-state index >= 15 is 0 Å². The second-order valence-electron chi connectivity index (χ2n) is 10.1. The molecule has 1 unspecified atom stereocenters. The highest BCUT2D eigenvalue weighted by Crippen LogP contribution is 2.60. The largest absolute Gasteiger partial charge is 0.465 e. The monoisotopic (exact) mass is 686 g/mol. The van der Waals surface area contributed by atoms with E-state index in [2.05, 4.69) is 15.9 Å². The third-order valence-corrected chi connectivity index (χ3v) is 8.83. The molecule has 0 aliphatic carbocycles. The van der Waals surface area contributed by atoms with Crippen molar-refractivity contribution in [3.8, 4) is 0 Å². The number of carbonyl (C=O) groups is 2. The van der Waals surface area contributed by atoms with E-state index in [9.17, 15) is 37.1 Å². The van der Waals surface area contributed by atoms with E-state index in [1.165, 1.54) is 43.5 Å². The topological polar surface area (TPSA) is 101 Å². The summed E-state index contributed by atoms with van der Waals surface area (Å²) in [6.07, 6.45) is 3.68. The van der Waals surface area contributed by atoms with Crippen LogP contribution >= 0.6 is 23.5 Å². The van der Waals surface area contributed by atoms with E-state index in [1.807, 2.05) is 36.4 Å². The van der Waals surface area contributed by atoms with Crippen molar-refractivity contribution in [2.45, 2.75) is 23.9 Å². The minimum Gasteiger partial charge on any atom is -0.465 e. The van der Waals surface area contributed by atoms with E-state index in [1.54, 1.807) is 18.2 Å². The molecule has 0 bridgehead atoms. The van der Waals surface area contributed by atoms with Crippen molar-refractivity contribution in [3.63, 3.8) is 0 Å². The maximum absolute atomic E-state index is 14.6. The molecule has 0 saturated carbocycles. The number of esters is 1. The normalized spacial score (nSPS) is 13.4. The third-order valence-electron chi connectivity index (χ3n) is 7.21. The van der Waals surface area contributed by atoms with Crippen molar-refractivity contribution in [1.29, 1.82) is 0 Å². The van der Waals surface area contributed by atoms with Gasteiger partial charge in [0.15, 0.2) is 5.78 Å². The van der Waals surface area contributed by atoms with Gasteiger partial charge < -0.3 is 14.5 Å². The lowest BCUT2D eigenvalue weighted by Crippen LogP contribution is -2.38. The van der Waals surface area contributed by atoms with Crippen molar-refractivity contribution >= 4 is 41.4 Å². The second kappa shape index (κ2) is 13.4. The van der Waals surface area contributed by atoms with E-state index in [0.717, 1.165) is 23.8 Å². The Bertz CT molecular complexity index is 1720. The molecule has 4 aromatic carbocycles. The fourth-order valence-electron chi connectivity index (χ4n) is 4.90. The van der Waals surface area contributed by atoms with Gasteiger partial charge in [0, 0.05) is 15.6 Å². The van der Waals surface area contributed by atoms with Crippen molar-refractivity contribution < 1.29 is 41.8 Å². The SMILES string of the molecule is COC(=O)c1ccc(C(C/C=C\c2ccccc2)(Cc2ccc(C(F)(F)P(=O)(O)O)c(Br)c2)C(=O)c2ccc(F)cc2)cc1. The standard InChI is InChI=1S/C33H27BrF3O6P/c1-43-31(39)25-10-14-26(15-11-25)32(19-5-8-22-6-3-2-4-7-22,30(38)24-12-16-27(35)17-13-24)21-23-9-18-28(29(34)20-23)33(36,37)44(40,41)42/h2-18,20H,19,21H2,1H3,(H2,40,41,42)/b8-5-. The number of halogens is 4. The van der Waals surface area contributed by atoms with E-state index in [-0.39, 0.29) is 28.4 Å². The Morgan fingerprint density at radius 1 is 0.909 bits per heavy atom. The summed E-state index contributed by atoms with van der Waals surface area (Å²) in [5.41, 5.74) is -4.58. The summed E-state index contributed by atoms with van der Waals surface area (Å²) < 4.78 is 59.0. The average molecular weight is 687 g/mol. The minimum absolute atomic E-state index is 0.0553. The van der Waals surface area contributed by atoms with Crippen LogP contribution in [0.3, 0.4) is 0 Å². The lowest BCUT2D eigenvalue weighted by atomic mass is 9.68. The maximum Gasteiger partial charge on any atom is 0.399 e. The molecule has 6 nitrogen and oxygen atoms in total. The van der Waals surface area contributed by atoms with Crippen LogP contribution in [-0.2, 0) is 26.8 Å². The molecular weight excluding hydrogens is 660 g/mol. The van der Waals surface area contributed by atoms with Gasteiger partial charge in [-0.25, -0.2) is 9.18 Å². The van der Waals surface area contributed by atoms with Gasteiger partial charge in [-0.3, -0.25) is 9.36 Å². The molecule has 0 aliphatic heterocycles. The second-order valence-corrected chi connectivity index (χ2v) is 12.6. The molecule has 44 heavy (non-hydrogen) atoms. The van der Waals surface area contributed by atoms with Crippen LogP contribution in [-0.4, -0.2) is 28.6 Å². The van der Waals surface area contributed by atoms with Gasteiger partial charge in [-0.15, -0.1) is 0 Å². The summed E-state index contributed by atoms with van der Waals surface area (Å²) >= 11 is 3.03. The number of hydrogen-bond acceptors (Lipinski definition) is 4. The van der Waals surface area contributed by atoms with Gasteiger partial charge in [-0.05, 0) is 72.0 Å². The summed E-state index contributed by atoms with van der Waals surface area (Å²) in [5, 5.41) is 0. The van der Waals surface area contributed by atoms with E-state index in [4.69, 9.17) is 4.74 Å². The van der Waals surface area contributed by atoms with Gasteiger partial charge in [-0.2, -0.15) is 8.78 Å². The highest BCUT2D eigenvalue weighted by molar-refractivity contribution is 9.10. The Morgan fingerprint density at radius 2 is 1.52 bits per heavy atom. The Balaban J connectivity index is 1.89. The van der Waals surface area contributed by atoms with Gasteiger partial charge in [0.05, 0.1) is 18.1 Å². The number of hydrogen-bond donors (Lipinski definition) is 2. The minimum atomic E-state index is -5.84. The number of Topliss-reactive ketones (excluding diaryl/α,β-unsaturated/α-hetero) is 1. The van der Waals surface area contributed by atoms with Gasteiger partial charge in [0.1, 0.15) is 5.82 Å². The summed E-state index contributed by atoms with van der Waals surface area (Å²) in [6.45, 7) is 0. The van der Waals surface area contributed by atoms with Crippen molar-refractivity contribution in [2.75, 3.05) is 7.11 Å². The first-order valence-corrected chi connectivity index (χ1v) is 15.6. The molecule has 0 saturated heterocycles. The van der Waals surface area contributed by atoms with Gasteiger partial charge >= 0.3 is 19.2 Å². The van der Waals surface area contributed by atoms with Crippen LogP contribution in [0.5, 0.6) is 0 Å². The van der Waals surface area contributed by atoms with Crippen LogP contribution in [0.1, 0.15) is 49.4 Å². The smallest absolute Gasteiger partial charge is 0.399 e. The predicted octanol–water partition coefficient (Wildman–Crippen LogP) is 8.07. The lowest BCUT2D eigenvalue weighted by Gasteiger charge is -2.33. The number of rotatable bonds is 11. The summed E-state index contributed by atoms with van der Waals surface area (Å²) in [7, 11) is -4.60.